The van der Waals surface area contributed by atoms with Crippen molar-refractivity contribution in [2.45, 2.75) is 51.6 Å². The fraction of sp³-hybridized carbons (Fsp3) is 0.600. The number of nitrogens with one attached hydrogen (secondary N) is 1. The maximum atomic E-state index is 12.6. The smallest absolute Gasteiger partial charge is 0.263 e. The summed E-state index contributed by atoms with van der Waals surface area (Å²) in [6, 6.07) is 7.25. The predicted molar refractivity (Wildman–Crippen MR) is 69.7 cm³/mol. The second kappa shape index (κ2) is 6.28. The third kappa shape index (κ3) is 3.77. The highest BCUT2D eigenvalue weighted by molar-refractivity contribution is 5.24. The molecule has 1 N–H and O–H groups in total. The molecule has 18 heavy (non-hydrogen) atoms. The highest BCUT2D eigenvalue weighted by atomic mass is 19.3. The Morgan fingerprint density at radius 2 is 2.17 bits per heavy atom. The molecule has 0 saturated heterocycles. The van der Waals surface area contributed by atoms with E-state index >= 15 is 0 Å². The van der Waals surface area contributed by atoms with Crippen molar-refractivity contribution in [2.75, 3.05) is 0 Å². The van der Waals surface area contributed by atoms with Gasteiger partial charge in [0.15, 0.2) is 0 Å². The van der Waals surface area contributed by atoms with Crippen LogP contribution in [0.3, 0.4) is 0 Å². The zero-order valence-electron chi connectivity index (χ0n) is 10.8. The van der Waals surface area contributed by atoms with Gasteiger partial charge in [-0.05, 0) is 30.4 Å². The first kappa shape index (κ1) is 13.5. The Morgan fingerprint density at radius 1 is 1.33 bits per heavy atom. The van der Waals surface area contributed by atoms with Crippen molar-refractivity contribution in [3.63, 3.8) is 0 Å². The molecule has 1 saturated carbocycles. The van der Waals surface area contributed by atoms with Gasteiger partial charge < -0.3 is 5.32 Å². The molecule has 1 fully saturated rings. The van der Waals surface area contributed by atoms with E-state index < -0.39 is 6.43 Å². The van der Waals surface area contributed by atoms with Gasteiger partial charge in [0.25, 0.3) is 6.43 Å². The molecule has 1 aliphatic carbocycles. The summed E-state index contributed by atoms with van der Waals surface area (Å²) in [5.74, 6) is 0.781. The van der Waals surface area contributed by atoms with Crippen LogP contribution >= 0.6 is 0 Å². The Hall–Kier alpha value is -0.960. The summed E-state index contributed by atoms with van der Waals surface area (Å²) < 4.78 is 25.1. The summed E-state index contributed by atoms with van der Waals surface area (Å²) >= 11 is 0. The zero-order chi connectivity index (χ0) is 13.0. The van der Waals surface area contributed by atoms with E-state index in [9.17, 15) is 8.78 Å². The molecule has 0 amide bonds. The maximum absolute atomic E-state index is 12.6. The highest BCUT2D eigenvalue weighted by Gasteiger charge is 2.18. The Bertz CT molecular complexity index is 379. The van der Waals surface area contributed by atoms with Gasteiger partial charge in [0.2, 0.25) is 0 Å². The second-order valence-corrected chi connectivity index (χ2v) is 5.40. The summed E-state index contributed by atoms with van der Waals surface area (Å²) in [5, 5.41) is 3.49. The fourth-order valence-corrected chi connectivity index (χ4v) is 2.72. The van der Waals surface area contributed by atoms with Crippen molar-refractivity contribution in [2.24, 2.45) is 5.92 Å². The molecule has 0 aliphatic heterocycles. The van der Waals surface area contributed by atoms with Gasteiger partial charge >= 0.3 is 0 Å². The number of hydrogen-bond donors (Lipinski definition) is 1. The van der Waals surface area contributed by atoms with E-state index in [1.807, 2.05) is 6.07 Å². The summed E-state index contributed by atoms with van der Waals surface area (Å²) in [5.41, 5.74) is 1.07. The van der Waals surface area contributed by atoms with Gasteiger partial charge in [-0.3, -0.25) is 0 Å². The first-order valence-corrected chi connectivity index (χ1v) is 6.75. The molecular formula is C15H21F2N. The summed E-state index contributed by atoms with van der Waals surface area (Å²) in [6.45, 7) is 2.98. The quantitative estimate of drug-likeness (QED) is 0.844. The Kier molecular flexibility index (Phi) is 4.70. The second-order valence-electron chi connectivity index (χ2n) is 5.40. The van der Waals surface area contributed by atoms with Crippen molar-refractivity contribution in [3.05, 3.63) is 35.4 Å². The largest absolute Gasteiger partial charge is 0.310 e. The molecule has 0 aromatic heterocycles. The van der Waals surface area contributed by atoms with E-state index in [4.69, 9.17) is 0 Å². The summed E-state index contributed by atoms with van der Waals surface area (Å²) in [4.78, 5) is 0. The molecule has 2 atom stereocenters. The van der Waals surface area contributed by atoms with E-state index in [-0.39, 0.29) is 5.56 Å². The Balaban J connectivity index is 1.87. The molecule has 0 bridgehead atoms. The van der Waals surface area contributed by atoms with Crippen LogP contribution in [0.1, 0.15) is 50.2 Å². The van der Waals surface area contributed by atoms with Crippen molar-refractivity contribution in [3.8, 4) is 0 Å². The number of rotatable bonds is 4. The van der Waals surface area contributed by atoms with E-state index in [0.717, 1.165) is 11.5 Å². The summed E-state index contributed by atoms with van der Waals surface area (Å²) in [6.07, 6.45) is 2.63. The Labute approximate surface area is 108 Å². The lowest BCUT2D eigenvalue weighted by atomic mass is 9.87. The predicted octanol–water partition coefficient (Wildman–Crippen LogP) is 4.29. The van der Waals surface area contributed by atoms with Crippen LogP contribution in [0.25, 0.3) is 0 Å². The molecule has 0 heterocycles. The van der Waals surface area contributed by atoms with Gasteiger partial charge in [0.05, 0.1) is 0 Å². The van der Waals surface area contributed by atoms with E-state index in [0.29, 0.717) is 12.6 Å². The summed E-state index contributed by atoms with van der Waals surface area (Å²) in [7, 11) is 0. The third-order valence-electron chi connectivity index (χ3n) is 3.73. The Morgan fingerprint density at radius 3 is 2.89 bits per heavy atom. The molecular weight excluding hydrogens is 232 g/mol. The van der Waals surface area contributed by atoms with Crippen LogP contribution in [0, 0.1) is 5.92 Å². The SMILES string of the molecule is CC1CCCC(NCc2cccc(C(F)F)c2)C1. The van der Waals surface area contributed by atoms with Gasteiger partial charge in [-0.1, -0.05) is 38.0 Å². The first-order chi connectivity index (χ1) is 8.65. The van der Waals surface area contributed by atoms with Crippen LogP contribution in [0.5, 0.6) is 0 Å². The first-order valence-electron chi connectivity index (χ1n) is 6.75. The van der Waals surface area contributed by atoms with E-state index in [2.05, 4.69) is 12.2 Å². The van der Waals surface area contributed by atoms with Gasteiger partial charge in [-0.15, -0.1) is 0 Å². The molecule has 1 aromatic carbocycles. The lowest BCUT2D eigenvalue weighted by Crippen LogP contribution is -2.33. The fourth-order valence-electron chi connectivity index (χ4n) is 2.72. The van der Waals surface area contributed by atoms with E-state index in [1.165, 1.54) is 31.7 Å². The minimum absolute atomic E-state index is 0.117. The zero-order valence-corrected chi connectivity index (χ0v) is 10.8. The van der Waals surface area contributed by atoms with Crippen LogP contribution in [-0.2, 0) is 6.54 Å². The van der Waals surface area contributed by atoms with Crippen LogP contribution in [0.15, 0.2) is 24.3 Å². The lowest BCUT2D eigenvalue weighted by Gasteiger charge is -2.27. The minimum Gasteiger partial charge on any atom is -0.310 e. The number of halogens is 2. The van der Waals surface area contributed by atoms with Crippen LogP contribution < -0.4 is 5.32 Å². The monoisotopic (exact) mass is 253 g/mol. The van der Waals surface area contributed by atoms with Crippen LogP contribution in [-0.4, -0.2) is 6.04 Å². The van der Waals surface area contributed by atoms with Crippen molar-refractivity contribution in [1.82, 2.24) is 5.32 Å². The standard InChI is InChI=1S/C15H21F2N/c1-11-4-2-7-14(8-11)18-10-12-5-3-6-13(9-12)15(16)17/h3,5-6,9,11,14-15,18H,2,4,7-8,10H2,1H3. The molecule has 3 heteroatoms. The van der Waals surface area contributed by atoms with Crippen molar-refractivity contribution in [1.29, 1.82) is 0 Å². The molecule has 1 aromatic rings. The number of alkyl halides is 2. The van der Waals surface area contributed by atoms with E-state index in [1.54, 1.807) is 12.1 Å². The van der Waals surface area contributed by atoms with Gasteiger partial charge in [0.1, 0.15) is 0 Å². The van der Waals surface area contributed by atoms with Crippen molar-refractivity contribution >= 4 is 0 Å². The molecule has 2 rings (SSSR count). The number of hydrogen-bond acceptors (Lipinski definition) is 1. The van der Waals surface area contributed by atoms with Gasteiger partial charge in [0, 0.05) is 18.2 Å². The average molecular weight is 253 g/mol. The molecule has 1 nitrogen and oxygen atoms in total. The molecule has 0 spiro atoms. The molecule has 0 radical (unpaired) electrons. The average Bonchev–Trinajstić information content (AvgIpc) is 2.37. The van der Waals surface area contributed by atoms with Gasteiger partial charge in [-0.25, -0.2) is 8.78 Å². The minimum atomic E-state index is -2.38. The van der Waals surface area contributed by atoms with Crippen LogP contribution in [0.2, 0.25) is 0 Å². The maximum Gasteiger partial charge on any atom is 0.263 e. The number of benzene rings is 1. The molecule has 2 unspecified atom stereocenters. The molecule has 100 valence electrons. The third-order valence-corrected chi connectivity index (χ3v) is 3.73. The lowest BCUT2D eigenvalue weighted by molar-refractivity contribution is 0.151. The highest BCUT2D eigenvalue weighted by Crippen LogP contribution is 2.24. The van der Waals surface area contributed by atoms with Crippen molar-refractivity contribution < 1.29 is 8.78 Å². The van der Waals surface area contributed by atoms with Gasteiger partial charge in [-0.2, -0.15) is 0 Å². The molecule has 1 aliphatic rings. The normalized spacial score (nSPS) is 24.4. The topological polar surface area (TPSA) is 12.0 Å². The van der Waals surface area contributed by atoms with Crippen LogP contribution in [0.4, 0.5) is 8.78 Å².